The van der Waals surface area contributed by atoms with Gasteiger partial charge in [-0.1, -0.05) is 50.6 Å². The minimum Gasteiger partial charge on any atom is -0.377 e. The Bertz CT molecular complexity index is 376. The van der Waals surface area contributed by atoms with Crippen LogP contribution in [0.5, 0.6) is 0 Å². The predicted molar refractivity (Wildman–Crippen MR) is 87.3 cm³/mol. The van der Waals surface area contributed by atoms with Crippen LogP contribution in [0, 0.1) is 6.92 Å². The summed E-state index contributed by atoms with van der Waals surface area (Å²) >= 11 is 0. The van der Waals surface area contributed by atoms with Crippen molar-refractivity contribution in [1.82, 2.24) is 5.32 Å². The fourth-order valence-electron chi connectivity index (χ4n) is 3.01. The van der Waals surface area contributed by atoms with E-state index in [1.165, 1.54) is 11.1 Å². The van der Waals surface area contributed by atoms with Crippen molar-refractivity contribution in [2.75, 3.05) is 13.7 Å². The van der Waals surface area contributed by atoms with Gasteiger partial charge in [0.2, 0.25) is 0 Å². The first-order valence-electron chi connectivity index (χ1n) is 7.95. The zero-order chi connectivity index (χ0) is 15.0. The molecule has 0 saturated heterocycles. The lowest BCUT2D eigenvalue weighted by Crippen LogP contribution is -2.53. The minimum absolute atomic E-state index is 0.0705. The summed E-state index contributed by atoms with van der Waals surface area (Å²) < 4.78 is 5.94. The van der Waals surface area contributed by atoms with Gasteiger partial charge in [-0.25, -0.2) is 0 Å². The first-order chi connectivity index (χ1) is 9.61. The average molecular weight is 277 g/mol. The summed E-state index contributed by atoms with van der Waals surface area (Å²) in [7, 11) is 1.85. The normalized spacial score (nSPS) is 13.4. The Kier molecular flexibility index (Phi) is 7.25. The molecule has 1 unspecified atom stereocenters. The third kappa shape index (κ3) is 4.32. The van der Waals surface area contributed by atoms with Crippen molar-refractivity contribution < 1.29 is 4.74 Å². The standard InChI is InChI=1S/C18H31NO/c1-6-12-19-17(18(7-2,8-3)20-5)14-16-11-9-10-15(4)13-16/h9-11,13,17,19H,6-8,12,14H2,1-5H3. The zero-order valence-corrected chi connectivity index (χ0v) is 13.8. The first-order valence-corrected chi connectivity index (χ1v) is 7.95. The number of benzene rings is 1. The molecule has 0 saturated carbocycles. The molecule has 2 nitrogen and oxygen atoms in total. The highest BCUT2D eigenvalue weighted by Gasteiger charge is 2.35. The van der Waals surface area contributed by atoms with Gasteiger partial charge in [-0.3, -0.25) is 0 Å². The topological polar surface area (TPSA) is 21.3 Å². The molecule has 1 atom stereocenters. The lowest BCUT2D eigenvalue weighted by Gasteiger charge is -2.39. The lowest BCUT2D eigenvalue weighted by molar-refractivity contribution is -0.0471. The Labute approximate surface area is 124 Å². The lowest BCUT2D eigenvalue weighted by atomic mass is 9.84. The summed E-state index contributed by atoms with van der Waals surface area (Å²) in [6.45, 7) is 9.86. The molecule has 0 aliphatic heterocycles. The molecule has 1 aromatic carbocycles. The van der Waals surface area contributed by atoms with Crippen LogP contribution >= 0.6 is 0 Å². The van der Waals surface area contributed by atoms with Crippen LogP contribution in [0.2, 0.25) is 0 Å². The summed E-state index contributed by atoms with van der Waals surface area (Å²) in [4.78, 5) is 0. The van der Waals surface area contributed by atoms with Gasteiger partial charge in [0.05, 0.1) is 5.60 Å². The molecular weight excluding hydrogens is 246 g/mol. The summed E-state index contributed by atoms with van der Waals surface area (Å²) in [5.74, 6) is 0. The van der Waals surface area contributed by atoms with Gasteiger partial charge in [0.25, 0.3) is 0 Å². The quantitative estimate of drug-likeness (QED) is 0.733. The summed E-state index contributed by atoms with van der Waals surface area (Å²) in [5, 5.41) is 3.71. The number of methoxy groups -OCH3 is 1. The van der Waals surface area contributed by atoms with Gasteiger partial charge in [-0.2, -0.15) is 0 Å². The average Bonchev–Trinajstić information content (AvgIpc) is 2.47. The number of rotatable bonds is 9. The predicted octanol–water partition coefficient (Wildman–Crippen LogP) is 4.11. The third-order valence-electron chi connectivity index (χ3n) is 4.40. The van der Waals surface area contributed by atoms with Crippen LogP contribution in [0.15, 0.2) is 24.3 Å². The molecule has 0 bridgehead atoms. The highest BCUT2D eigenvalue weighted by molar-refractivity contribution is 5.23. The number of nitrogens with one attached hydrogen (secondary N) is 1. The smallest absolute Gasteiger partial charge is 0.0828 e. The fraction of sp³-hybridized carbons (Fsp3) is 0.667. The van der Waals surface area contributed by atoms with Gasteiger partial charge in [-0.05, 0) is 44.7 Å². The molecule has 0 aromatic heterocycles. The number of ether oxygens (including phenoxy) is 1. The van der Waals surface area contributed by atoms with Gasteiger partial charge in [0.15, 0.2) is 0 Å². The van der Waals surface area contributed by atoms with Crippen molar-refractivity contribution in [3.63, 3.8) is 0 Å². The van der Waals surface area contributed by atoms with Gasteiger partial charge in [-0.15, -0.1) is 0 Å². The maximum Gasteiger partial charge on any atom is 0.0828 e. The van der Waals surface area contributed by atoms with Crippen molar-refractivity contribution in [2.24, 2.45) is 0 Å². The van der Waals surface area contributed by atoms with Crippen molar-refractivity contribution in [3.8, 4) is 0 Å². The van der Waals surface area contributed by atoms with E-state index in [1.54, 1.807) is 0 Å². The number of hydrogen-bond acceptors (Lipinski definition) is 2. The van der Waals surface area contributed by atoms with E-state index in [4.69, 9.17) is 4.74 Å². The number of hydrogen-bond donors (Lipinski definition) is 1. The maximum atomic E-state index is 5.94. The monoisotopic (exact) mass is 277 g/mol. The Balaban J connectivity index is 2.93. The second-order valence-electron chi connectivity index (χ2n) is 5.68. The summed E-state index contributed by atoms with van der Waals surface area (Å²) in [6.07, 6.45) is 4.25. The Morgan fingerprint density at radius 3 is 2.40 bits per heavy atom. The van der Waals surface area contributed by atoms with Crippen LogP contribution in [-0.2, 0) is 11.2 Å². The molecule has 114 valence electrons. The van der Waals surface area contributed by atoms with Crippen LogP contribution in [-0.4, -0.2) is 25.3 Å². The van der Waals surface area contributed by atoms with E-state index in [0.717, 1.165) is 32.2 Å². The highest BCUT2D eigenvalue weighted by Crippen LogP contribution is 2.27. The van der Waals surface area contributed by atoms with Gasteiger partial charge < -0.3 is 10.1 Å². The largest absolute Gasteiger partial charge is 0.377 e. The van der Waals surface area contributed by atoms with Crippen molar-refractivity contribution in [2.45, 2.75) is 65.0 Å². The molecule has 1 N–H and O–H groups in total. The molecule has 20 heavy (non-hydrogen) atoms. The number of aryl methyl sites for hydroxylation is 1. The van der Waals surface area contributed by atoms with Crippen LogP contribution in [0.1, 0.15) is 51.2 Å². The molecule has 2 heteroatoms. The fourth-order valence-corrected chi connectivity index (χ4v) is 3.01. The van der Waals surface area contributed by atoms with Crippen LogP contribution in [0.25, 0.3) is 0 Å². The van der Waals surface area contributed by atoms with Gasteiger partial charge in [0, 0.05) is 13.2 Å². The van der Waals surface area contributed by atoms with E-state index in [9.17, 15) is 0 Å². The van der Waals surface area contributed by atoms with Crippen LogP contribution < -0.4 is 5.32 Å². The van der Waals surface area contributed by atoms with E-state index < -0.39 is 0 Å². The van der Waals surface area contributed by atoms with E-state index in [-0.39, 0.29) is 5.60 Å². The maximum absolute atomic E-state index is 5.94. The second kappa shape index (κ2) is 8.43. The molecular formula is C18H31NO. The van der Waals surface area contributed by atoms with Crippen LogP contribution in [0.4, 0.5) is 0 Å². The molecule has 0 aliphatic carbocycles. The molecule has 0 amide bonds. The minimum atomic E-state index is -0.0705. The third-order valence-corrected chi connectivity index (χ3v) is 4.40. The van der Waals surface area contributed by atoms with Gasteiger partial charge in [0.1, 0.15) is 0 Å². The first kappa shape index (κ1) is 17.2. The Morgan fingerprint density at radius 2 is 1.90 bits per heavy atom. The molecule has 0 radical (unpaired) electrons. The van der Waals surface area contributed by atoms with E-state index in [1.807, 2.05) is 7.11 Å². The molecule has 0 heterocycles. The molecule has 1 rings (SSSR count). The van der Waals surface area contributed by atoms with Crippen LogP contribution in [0.3, 0.4) is 0 Å². The van der Waals surface area contributed by atoms with E-state index in [2.05, 4.69) is 57.3 Å². The molecule has 0 aliphatic rings. The molecule has 0 spiro atoms. The Hall–Kier alpha value is -0.860. The summed E-state index contributed by atoms with van der Waals surface area (Å²) in [5.41, 5.74) is 2.65. The molecule has 1 aromatic rings. The molecule has 0 fully saturated rings. The van der Waals surface area contributed by atoms with E-state index >= 15 is 0 Å². The van der Waals surface area contributed by atoms with E-state index in [0.29, 0.717) is 6.04 Å². The van der Waals surface area contributed by atoms with Crippen molar-refractivity contribution >= 4 is 0 Å². The van der Waals surface area contributed by atoms with Crippen molar-refractivity contribution in [3.05, 3.63) is 35.4 Å². The second-order valence-corrected chi connectivity index (χ2v) is 5.68. The zero-order valence-electron chi connectivity index (χ0n) is 13.8. The van der Waals surface area contributed by atoms with Crippen molar-refractivity contribution in [1.29, 1.82) is 0 Å². The summed E-state index contributed by atoms with van der Waals surface area (Å²) in [6, 6.07) is 9.17. The highest BCUT2D eigenvalue weighted by atomic mass is 16.5. The SMILES string of the molecule is CCCNC(Cc1cccc(C)c1)C(CC)(CC)OC. The Morgan fingerprint density at radius 1 is 1.20 bits per heavy atom. The van der Waals surface area contributed by atoms with Gasteiger partial charge >= 0.3 is 0 Å².